The summed E-state index contributed by atoms with van der Waals surface area (Å²) >= 11 is 0. The summed E-state index contributed by atoms with van der Waals surface area (Å²) < 4.78 is 0. The number of piperidine rings is 1. The highest BCUT2D eigenvalue weighted by Gasteiger charge is 2.34. The molecule has 0 aromatic carbocycles. The first-order valence-electron chi connectivity index (χ1n) is 8.84. The lowest BCUT2D eigenvalue weighted by molar-refractivity contribution is 0.145. The summed E-state index contributed by atoms with van der Waals surface area (Å²) in [5, 5.41) is 7.84. The second kappa shape index (κ2) is 6.58. The Labute approximate surface area is 119 Å². The Morgan fingerprint density at radius 3 is 2.37 bits per heavy atom. The van der Waals surface area contributed by atoms with E-state index in [0.29, 0.717) is 0 Å². The topological polar surface area (TPSA) is 24.1 Å². The molecular weight excluding hydrogens is 232 g/mol. The highest BCUT2D eigenvalue weighted by Crippen LogP contribution is 2.34. The summed E-state index contributed by atoms with van der Waals surface area (Å²) in [4.78, 5) is 0. The van der Waals surface area contributed by atoms with Gasteiger partial charge in [0.15, 0.2) is 0 Å². The maximum atomic E-state index is 4.03. The van der Waals surface area contributed by atoms with Crippen molar-refractivity contribution in [1.29, 1.82) is 0 Å². The third kappa shape index (κ3) is 3.33. The van der Waals surface area contributed by atoms with Crippen molar-refractivity contribution in [2.75, 3.05) is 6.54 Å². The zero-order chi connectivity index (χ0) is 13.1. The molecule has 4 unspecified atom stereocenters. The Balaban J connectivity index is 1.56. The largest absolute Gasteiger partial charge is 0.314 e. The van der Waals surface area contributed by atoms with Gasteiger partial charge in [0.25, 0.3) is 0 Å². The van der Waals surface area contributed by atoms with Crippen LogP contribution >= 0.6 is 0 Å². The summed E-state index contributed by atoms with van der Waals surface area (Å²) in [6, 6.07) is 2.35. The molecule has 2 saturated carbocycles. The molecule has 3 rings (SSSR count). The van der Waals surface area contributed by atoms with Crippen molar-refractivity contribution >= 4 is 0 Å². The van der Waals surface area contributed by atoms with Crippen molar-refractivity contribution < 1.29 is 0 Å². The first-order valence-corrected chi connectivity index (χ1v) is 8.84. The van der Waals surface area contributed by atoms with Crippen molar-refractivity contribution in [3.63, 3.8) is 0 Å². The van der Waals surface area contributed by atoms with Crippen LogP contribution in [0.2, 0.25) is 0 Å². The van der Waals surface area contributed by atoms with Gasteiger partial charge in [-0.1, -0.05) is 25.7 Å². The van der Waals surface area contributed by atoms with Crippen molar-refractivity contribution in [2.45, 2.75) is 89.3 Å². The normalized spacial score (nSPS) is 38.7. The average Bonchev–Trinajstić information content (AvgIpc) is 2.38. The Kier molecular flexibility index (Phi) is 4.81. The van der Waals surface area contributed by atoms with Crippen LogP contribution in [-0.4, -0.2) is 24.7 Å². The van der Waals surface area contributed by atoms with E-state index < -0.39 is 0 Å². The molecule has 3 aliphatic rings. The van der Waals surface area contributed by atoms with Crippen LogP contribution in [0.15, 0.2) is 0 Å². The molecule has 2 aliphatic carbocycles. The summed E-state index contributed by atoms with van der Waals surface area (Å²) in [6.45, 7) is 3.69. The van der Waals surface area contributed by atoms with Crippen molar-refractivity contribution in [2.24, 2.45) is 11.8 Å². The van der Waals surface area contributed by atoms with Crippen LogP contribution in [0.1, 0.15) is 71.1 Å². The van der Waals surface area contributed by atoms with Gasteiger partial charge in [-0.3, -0.25) is 0 Å². The Morgan fingerprint density at radius 2 is 1.68 bits per heavy atom. The minimum absolute atomic E-state index is 0.753. The summed E-state index contributed by atoms with van der Waals surface area (Å²) in [7, 11) is 0. The molecule has 1 aliphatic heterocycles. The Bertz CT molecular complexity index is 268. The van der Waals surface area contributed by atoms with Gasteiger partial charge in [-0.15, -0.1) is 0 Å². The lowest BCUT2D eigenvalue weighted by atomic mass is 9.75. The van der Waals surface area contributed by atoms with E-state index in [4.69, 9.17) is 0 Å². The van der Waals surface area contributed by atoms with Crippen LogP contribution < -0.4 is 10.6 Å². The second-order valence-electron chi connectivity index (χ2n) is 7.26. The van der Waals surface area contributed by atoms with Crippen LogP contribution in [0.5, 0.6) is 0 Å². The lowest BCUT2D eigenvalue weighted by Crippen LogP contribution is -2.54. The molecule has 110 valence electrons. The van der Waals surface area contributed by atoms with Gasteiger partial charge in [0.2, 0.25) is 0 Å². The minimum Gasteiger partial charge on any atom is -0.314 e. The van der Waals surface area contributed by atoms with Crippen LogP contribution in [0.4, 0.5) is 0 Å². The highest BCUT2D eigenvalue weighted by molar-refractivity contribution is 4.93. The summed E-state index contributed by atoms with van der Waals surface area (Å²) in [5.41, 5.74) is 0. The van der Waals surface area contributed by atoms with Gasteiger partial charge in [-0.25, -0.2) is 0 Å². The maximum absolute atomic E-state index is 4.03. The molecule has 2 heteroatoms. The molecule has 1 saturated heterocycles. The first kappa shape index (κ1) is 13.9. The smallest absolute Gasteiger partial charge is 0.0113 e. The van der Waals surface area contributed by atoms with Gasteiger partial charge in [-0.05, 0) is 63.8 Å². The number of nitrogens with one attached hydrogen (secondary N) is 2. The van der Waals surface area contributed by atoms with Crippen LogP contribution in [0, 0.1) is 11.8 Å². The van der Waals surface area contributed by atoms with Gasteiger partial charge in [0, 0.05) is 18.1 Å². The Hall–Kier alpha value is -0.0800. The molecule has 3 fully saturated rings. The van der Waals surface area contributed by atoms with Gasteiger partial charge in [0.1, 0.15) is 0 Å². The van der Waals surface area contributed by atoms with Crippen molar-refractivity contribution in [3.05, 3.63) is 0 Å². The highest BCUT2D eigenvalue weighted by atomic mass is 15.0. The molecule has 0 amide bonds. The van der Waals surface area contributed by atoms with E-state index in [9.17, 15) is 0 Å². The maximum Gasteiger partial charge on any atom is 0.0113 e. The van der Waals surface area contributed by atoms with Crippen LogP contribution in [0.3, 0.4) is 0 Å². The predicted molar refractivity (Wildman–Crippen MR) is 81.3 cm³/mol. The fraction of sp³-hybridized carbons (Fsp3) is 1.00. The molecule has 2 N–H and O–H groups in total. The van der Waals surface area contributed by atoms with Crippen LogP contribution in [0.25, 0.3) is 0 Å². The van der Waals surface area contributed by atoms with E-state index >= 15 is 0 Å². The van der Waals surface area contributed by atoms with E-state index in [1.165, 1.54) is 70.8 Å². The lowest BCUT2D eigenvalue weighted by Gasteiger charge is -2.43. The zero-order valence-corrected chi connectivity index (χ0v) is 12.7. The van der Waals surface area contributed by atoms with Crippen molar-refractivity contribution in [1.82, 2.24) is 10.6 Å². The predicted octanol–water partition coefficient (Wildman–Crippen LogP) is 3.47. The number of hydrogen-bond acceptors (Lipinski definition) is 2. The number of rotatable bonds is 4. The fourth-order valence-electron chi connectivity index (χ4n) is 4.51. The average molecular weight is 264 g/mol. The third-order valence-corrected chi connectivity index (χ3v) is 6.02. The third-order valence-electron chi connectivity index (χ3n) is 6.02. The standard InChI is InChI=1S/C17H32N2/c1-13(14-7-6-8-14)19-17-11-3-2-9-15(17)16-10-4-5-12-18-16/h13-19H,2-12H2,1H3. The van der Waals surface area contributed by atoms with Gasteiger partial charge in [-0.2, -0.15) is 0 Å². The molecule has 0 radical (unpaired) electrons. The second-order valence-corrected chi connectivity index (χ2v) is 7.26. The van der Waals surface area contributed by atoms with Crippen LogP contribution in [-0.2, 0) is 0 Å². The fourth-order valence-corrected chi connectivity index (χ4v) is 4.51. The van der Waals surface area contributed by atoms with Crippen molar-refractivity contribution in [3.8, 4) is 0 Å². The molecule has 0 aromatic heterocycles. The minimum atomic E-state index is 0.753. The summed E-state index contributed by atoms with van der Waals surface area (Å²) in [6.07, 6.45) is 14.4. The van der Waals surface area contributed by atoms with E-state index in [0.717, 1.165) is 30.0 Å². The number of hydrogen-bond donors (Lipinski definition) is 2. The Morgan fingerprint density at radius 1 is 0.895 bits per heavy atom. The molecule has 4 atom stereocenters. The van der Waals surface area contributed by atoms with Gasteiger partial charge in [0.05, 0.1) is 0 Å². The van der Waals surface area contributed by atoms with Gasteiger partial charge >= 0.3 is 0 Å². The summed E-state index contributed by atoms with van der Waals surface area (Å²) in [5.74, 6) is 1.87. The van der Waals surface area contributed by atoms with Gasteiger partial charge < -0.3 is 10.6 Å². The molecule has 0 spiro atoms. The van der Waals surface area contributed by atoms with E-state index in [2.05, 4.69) is 17.6 Å². The quantitative estimate of drug-likeness (QED) is 0.812. The van der Waals surface area contributed by atoms with E-state index in [1.807, 2.05) is 0 Å². The molecule has 0 bridgehead atoms. The van der Waals surface area contributed by atoms with E-state index in [-0.39, 0.29) is 0 Å². The SMILES string of the molecule is CC(NC1CCCCC1C1CCCCN1)C1CCC1. The molecule has 19 heavy (non-hydrogen) atoms. The molecule has 2 nitrogen and oxygen atoms in total. The monoisotopic (exact) mass is 264 g/mol. The first-order chi connectivity index (χ1) is 9.34. The zero-order valence-electron chi connectivity index (χ0n) is 12.7. The van der Waals surface area contributed by atoms with E-state index in [1.54, 1.807) is 0 Å². The molecule has 0 aromatic rings. The molecular formula is C17H32N2. The molecule has 1 heterocycles.